The molecule has 0 fully saturated rings. The number of nitrogens with zero attached hydrogens (tertiary/aromatic N) is 1. The number of hydrogen-bond donors (Lipinski definition) is 2. The van der Waals surface area contributed by atoms with E-state index >= 15 is 0 Å². The monoisotopic (exact) mass is 513 g/mol. The molecule has 2 N–H and O–H groups in total. The van der Waals surface area contributed by atoms with Crippen LogP contribution in [-0.4, -0.2) is 26.8 Å². The molecule has 1 aromatic heterocycles. The quantitative estimate of drug-likeness (QED) is 0.273. The molecule has 0 bridgehead atoms. The van der Waals surface area contributed by atoms with Gasteiger partial charge >= 0.3 is 5.97 Å². The average molecular weight is 514 g/mol. The lowest BCUT2D eigenvalue weighted by atomic mass is 9.69. The van der Waals surface area contributed by atoms with Crippen LogP contribution in [0.2, 0.25) is 0 Å². The molecular weight excluding hydrogens is 470 g/mol. The smallest absolute Gasteiger partial charge is 0.307 e. The van der Waals surface area contributed by atoms with Gasteiger partial charge in [-0.1, -0.05) is 76.2 Å². The fraction of sp³-hybridized carbons (Fsp3) is 0.412. The number of carboxylic acids is 1. The van der Waals surface area contributed by atoms with Crippen molar-refractivity contribution in [1.29, 1.82) is 0 Å². The van der Waals surface area contributed by atoms with Crippen LogP contribution in [0.5, 0.6) is 0 Å². The van der Waals surface area contributed by atoms with Gasteiger partial charge in [0.15, 0.2) is 0 Å². The van der Waals surface area contributed by atoms with E-state index in [1.54, 1.807) is 6.20 Å². The molecule has 2 aromatic carbocycles. The van der Waals surface area contributed by atoms with E-state index in [9.17, 15) is 9.90 Å². The van der Waals surface area contributed by atoms with Gasteiger partial charge in [-0.25, -0.2) is 0 Å². The third kappa shape index (κ3) is 6.07. The highest BCUT2D eigenvalue weighted by molar-refractivity contribution is 5.72. The lowest BCUT2D eigenvalue weighted by Crippen LogP contribution is -2.26. The summed E-state index contributed by atoms with van der Waals surface area (Å²) in [5.74, 6) is -0.852. The third-order valence-corrected chi connectivity index (χ3v) is 8.35. The molecule has 4 heteroatoms. The summed E-state index contributed by atoms with van der Waals surface area (Å²) in [4.78, 5) is 15.6. The fourth-order valence-electron chi connectivity index (χ4n) is 5.62. The van der Waals surface area contributed by atoms with Crippen LogP contribution < -0.4 is 0 Å². The SMILES string of the molecule is CCC(O)(/C=C/c1ccc(C(CC)(CC)c2cc(C)c(-c3ccc(CC(=O)O)cn3)c(C)c2)cc1C)CC. The van der Waals surface area contributed by atoms with Crippen molar-refractivity contribution in [2.75, 3.05) is 0 Å². The van der Waals surface area contributed by atoms with Crippen LogP contribution in [0.25, 0.3) is 17.3 Å². The van der Waals surface area contributed by atoms with Gasteiger partial charge in [-0.05, 0) is 91.5 Å². The molecule has 0 aliphatic carbocycles. The maximum Gasteiger partial charge on any atom is 0.307 e. The largest absolute Gasteiger partial charge is 0.481 e. The second kappa shape index (κ2) is 12.1. The Labute approximate surface area is 228 Å². The first kappa shape index (κ1) is 29.3. The van der Waals surface area contributed by atoms with Crippen molar-refractivity contribution in [2.24, 2.45) is 0 Å². The van der Waals surface area contributed by atoms with E-state index in [4.69, 9.17) is 5.11 Å². The molecule has 0 atom stereocenters. The number of benzene rings is 2. The molecule has 38 heavy (non-hydrogen) atoms. The predicted octanol–water partition coefficient (Wildman–Crippen LogP) is 7.97. The first-order chi connectivity index (χ1) is 18.0. The van der Waals surface area contributed by atoms with Crippen LogP contribution in [0.1, 0.15) is 92.3 Å². The van der Waals surface area contributed by atoms with Gasteiger partial charge in [0, 0.05) is 17.2 Å². The molecule has 0 spiro atoms. The Morgan fingerprint density at radius 1 is 0.842 bits per heavy atom. The number of aromatic nitrogens is 1. The molecule has 202 valence electrons. The van der Waals surface area contributed by atoms with Crippen LogP contribution >= 0.6 is 0 Å². The molecule has 3 aromatic rings. The maximum absolute atomic E-state index is 11.0. The molecule has 0 radical (unpaired) electrons. The van der Waals surface area contributed by atoms with Gasteiger partial charge in [-0.2, -0.15) is 0 Å². The summed E-state index contributed by atoms with van der Waals surface area (Å²) in [6.07, 6.45) is 8.99. The number of hydrogen-bond acceptors (Lipinski definition) is 3. The zero-order valence-electron chi connectivity index (χ0n) is 24.1. The summed E-state index contributed by atoms with van der Waals surface area (Å²) in [7, 11) is 0. The summed E-state index contributed by atoms with van der Waals surface area (Å²) in [5.41, 5.74) is 9.07. The first-order valence-corrected chi connectivity index (χ1v) is 13.8. The Balaban J connectivity index is 2.02. The van der Waals surface area contributed by atoms with Crippen LogP contribution in [0.3, 0.4) is 0 Å². The number of carboxylic acid groups (broad SMARTS) is 1. The second-order valence-electron chi connectivity index (χ2n) is 10.6. The normalized spacial score (nSPS) is 12.3. The molecule has 3 rings (SSSR count). The summed E-state index contributed by atoms with van der Waals surface area (Å²) >= 11 is 0. The highest BCUT2D eigenvalue weighted by atomic mass is 16.4. The standard InChI is InChI=1S/C34H43NO3/c1-8-33(38,9-2)17-16-27-13-14-28(18-23(27)5)34(10-3,11-4)29-19-24(6)32(25(7)20-29)30-15-12-26(22-35-30)21-31(36)37/h12-20,22,38H,8-11,21H2,1-7H3,(H,36,37)/b17-16+. The van der Waals surface area contributed by atoms with E-state index < -0.39 is 11.6 Å². The van der Waals surface area contributed by atoms with Crippen molar-refractivity contribution < 1.29 is 15.0 Å². The number of pyridine rings is 1. The number of aryl methyl sites for hydroxylation is 3. The van der Waals surface area contributed by atoms with Crippen LogP contribution in [0.15, 0.2) is 54.7 Å². The Morgan fingerprint density at radius 3 is 1.92 bits per heavy atom. The molecule has 0 aliphatic rings. The van der Waals surface area contributed by atoms with Crippen molar-refractivity contribution in [3.8, 4) is 11.3 Å². The van der Waals surface area contributed by atoms with Gasteiger partial charge in [0.05, 0.1) is 17.7 Å². The summed E-state index contributed by atoms with van der Waals surface area (Å²) < 4.78 is 0. The van der Waals surface area contributed by atoms with E-state index in [1.165, 1.54) is 27.8 Å². The van der Waals surface area contributed by atoms with Gasteiger partial charge in [-0.15, -0.1) is 0 Å². The van der Waals surface area contributed by atoms with E-state index in [1.807, 2.05) is 32.1 Å². The summed E-state index contributed by atoms with van der Waals surface area (Å²) in [6.45, 7) is 15.0. The van der Waals surface area contributed by atoms with E-state index in [2.05, 4.69) is 76.0 Å². The van der Waals surface area contributed by atoms with E-state index in [0.29, 0.717) is 18.4 Å². The van der Waals surface area contributed by atoms with Gasteiger partial charge < -0.3 is 10.2 Å². The van der Waals surface area contributed by atoms with Crippen molar-refractivity contribution in [3.05, 3.63) is 93.7 Å². The lowest BCUT2D eigenvalue weighted by molar-refractivity contribution is -0.136. The Bertz CT molecular complexity index is 1270. The molecule has 0 amide bonds. The number of carbonyl (C=O) groups is 1. The molecule has 0 unspecified atom stereocenters. The van der Waals surface area contributed by atoms with Gasteiger partial charge in [0.25, 0.3) is 0 Å². The summed E-state index contributed by atoms with van der Waals surface area (Å²) in [5, 5.41) is 19.7. The minimum absolute atomic E-state index is 0.0220. The second-order valence-corrected chi connectivity index (χ2v) is 10.6. The number of rotatable bonds is 11. The van der Waals surface area contributed by atoms with E-state index in [0.717, 1.165) is 29.7 Å². The molecule has 1 heterocycles. The number of aliphatic carboxylic acids is 1. The Hall–Kier alpha value is -3.24. The predicted molar refractivity (Wildman–Crippen MR) is 158 cm³/mol. The summed E-state index contributed by atoms with van der Waals surface area (Å²) in [6, 6.07) is 15.1. The van der Waals surface area contributed by atoms with E-state index in [-0.39, 0.29) is 11.8 Å². The zero-order valence-corrected chi connectivity index (χ0v) is 24.1. The minimum Gasteiger partial charge on any atom is -0.481 e. The molecular formula is C34H43NO3. The molecule has 0 aliphatic heterocycles. The maximum atomic E-state index is 11.0. The topological polar surface area (TPSA) is 70.4 Å². The Morgan fingerprint density at radius 2 is 1.45 bits per heavy atom. The zero-order chi connectivity index (χ0) is 28.1. The highest BCUT2D eigenvalue weighted by Crippen LogP contribution is 2.42. The van der Waals surface area contributed by atoms with Crippen LogP contribution in [0.4, 0.5) is 0 Å². The van der Waals surface area contributed by atoms with Crippen molar-refractivity contribution in [1.82, 2.24) is 4.98 Å². The van der Waals surface area contributed by atoms with Crippen molar-refractivity contribution in [3.63, 3.8) is 0 Å². The highest BCUT2D eigenvalue weighted by Gasteiger charge is 2.32. The molecule has 0 saturated carbocycles. The van der Waals surface area contributed by atoms with Crippen LogP contribution in [0, 0.1) is 20.8 Å². The van der Waals surface area contributed by atoms with Gasteiger partial charge in [-0.3, -0.25) is 9.78 Å². The van der Waals surface area contributed by atoms with Crippen molar-refractivity contribution in [2.45, 2.75) is 91.6 Å². The number of aliphatic hydroxyl groups is 1. The molecule has 0 saturated heterocycles. The lowest BCUT2D eigenvalue weighted by Gasteiger charge is -2.35. The average Bonchev–Trinajstić information content (AvgIpc) is 2.89. The fourth-order valence-corrected chi connectivity index (χ4v) is 5.62. The van der Waals surface area contributed by atoms with Gasteiger partial charge in [0.1, 0.15) is 0 Å². The van der Waals surface area contributed by atoms with Crippen molar-refractivity contribution >= 4 is 12.0 Å². The van der Waals surface area contributed by atoms with Gasteiger partial charge in [0.2, 0.25) is 0 Å². The minimum atomic E-state index is -0.852. The Kier molecular flexibility index (Phi) is 9.32. The molecule has 4 nitrogen and oxygen atoms in total. The first-order valence-electron chi connectivity index (χ1n) is 13.8. The van der Waals surface area contributed by atoms with Crippen LogP contribution in [-0.2, 0) is 16.6 Å². The third-order valence-electron chi connectivity index (χ3n) is 8.35.